The summed E-state index contributed by atoms with van der Waals surface area (Å²) in [4.78, 5) is 8.19. The number of pyridine rings is 1. The van der Waals surface area contributed by atoms with Crippen LogP contribution in [0, 0.1) is 12.8 Å². The molecule has 5 rings (SSSR count). The first-order valence-electron chi connectivity index (χ1n) is 7.56. The molecule has 2 aromatic heterocycles. The largest absolute Gasteiger partial charge is 0.418 e. The summed E-state index contributed by atoms with van der Waals surface area (Å²) in [6.07, 6.45) is 1.92. The molecule has 0 amide bonds. The molecule has 0 unspecified atom stereocenters. The first-order valence-corrected chi connectivity index (χ1v) is 7.56. The maximum Gasteiger partial charge on any atom is 0.418 e. The number of aromatic nitrogens is 3. The van der Waals surface area contributed by atoms with Gasteiger partial charge in [-0.25, -0.2) is 4.98 Å². The Labute approximate surface area is 131 Å². The summed E-state index contributed by atoms with van der Waals surface area (Å²) in [6.45, 7) is 1.12. The van der Waals surface area contributed by atoms with Crippen LogP contribution in [0.4, 0.5) is 13.2 Å². The van der Waals surface area contributed by atoms with E-state index in [9.17, 15) is 18.3 Å². The molecule has 3 aliphatic rings. The predicted molar refractivity (Wildman–Crippen MR) is 76.4 cm³/mol. The first kappa shape index (κ1) is 14.7. The number of aryl methyl sites for hydroxylation is 1. The van der Waals surface area contributed by atoms with Gasteiger partial charge in [-0.1, -0.05) is 0 Å². The highest BCUT2D eigenvalue weighted by Crippen LogP contribution is 2.62. The predicted octanol–water partition coefficient (Wildman–Crippen LogP) is 3.27. The van der Waals surface area contributed by atoms with Gasteiger partial charge in [0.15, 0.2) is 0 Å². The molecule has 122 valence electrons. The molecule has 3 saturated carbocycles. The number of aliphatic hydroxyl groups is 1. The number of hydrogen-bond donors (Lipinski definition) is 1. The Bertz CT molecular complexity index is 764. The number of rotatable bonds is 3. The zero-order chi connectivity index (χ0) is 16.4. The van der Waals surface area contributed by atoms with Crippen LogP contribution in [0.2, 0.25) is 0 Å². The molecule has 2 aromatic rings. The van der Waals surface area contributed by atoms with E-state index in [4.69, 9.17) is 0 Å². The lowest BCUT2D eigenvalue weighted by Gasteiger charge is -2.62. The molecule has 2 bridgehead atoms. The van der Waals surface area contributed by atoms with Crippen LogP contribution >= 0.6 is 0 Å². The number of nitrogens with zero attached hydrogens (tertiary/aromatic N) is 3. The summed E-state index contributed by atoms with van der Waals surface area (Å²) in [5.41, 5.74) is -0.0262. The van der Waals surface area contributed by atoms with E-state index in [1.807, 2.05) is 4.57 Å². The van der Waals surface area contributed by atoms with E-state index in [0.717, 1.165) is 31.2 Å². The SMILES string of the molecule is Cc1ncc(-c2cn(C34CC(C3)C4)c(CO)n2)cc1C(F)(F)F. The van der Waals surface area contributed by atoms with E-state index in [2.05, 4.69) is 9.97 Å². The van der Waals surface area contributed by atoms with Gasteiger partial charge in [-0.15, -0.1) is 0 Å². The number of aliphatic hydroxyl groups excluding tert-OH is 1. The minimum absolute atomic E-state index is 0.0267. The van der Waals surface area contributed by atoms with Crippen molar-refractivity contribution in [1.29, 1.82) is 0 Å². The van der Waals surface area contributed by atoms with Crippen molar-refractivity contribution >= 4 is 0 Å². The van der Waals surface area contributed by atoms with Crippen LogP contribution in [-0.4, -0.2) is 19.6 Å². The van der Waals surface area contributed by atoms with Crippen molar-refractivity contribution in [3.8, 4) is 11.3 Å². The fourth-order valence-corrected chi connectivity index (χ4v) is 3.77. The molecule has 0 saturated heterocycles. The second-order valence-electron chi connectivity index (χ2n) is 6.63. The summed E-state index contributed by atoms with van der Waals surface area (Å²) >= 11 is 0. The van der Waals surface area contributed by atoms with Crippen molar-refractivity contribution in [2.75, 3.05) is 0 Å². The monoisotopic (exact) mass is 323 g/mol. The van der Waals surface area contributed by atoms with Crippen molar-refractivity contribution in [3.63, 3.8) is 0 Å². The average Bonchev–Trinajstić information content (AvgIpc) is 2.78. The van der Waals surface area contributed by atoms with Gasteiger partial charge in [0.25, 0.3) is 0 Å². The molecule has 0 aromatic carbocycles. The molecule has 23 heavy (non-hydrogen) atoms. The normalized spacial score (nSPS) is 25.9. The maximum atomic E-state index is 13.0. The zero-order valence-corrected chi connectivity index (χ0v) is 12.6. The van der Waals surface area contributed by atoms with Gasteiger partial charge >= 0.3 is 6.18 Å². The number of hydrogen-bond acceptors (Lipinski definition) is 3. The molecule has 3 fully saturated rings. The van der Waals surface area contributed by atoms with Gasteiger partial charge in [-0.2, -0.15) is 13.2 Å². The fourth-order valence-electron chi connectivity index (χ4n) is 3.77. The molecule has 7 heteroatoms. The fraction of sp³-hybridized carbons (Fsp3) is 0.500. The maximum absolute atomic E-state index is 13.0. The number of imidazole rings is 1. The van der Waals surface area contributed by atoms with Gasteiger partial charge < -0.3 is 9.67 Å². The smallest absolute Gasteiger partial charge is 0.388 e. The van der Waals surface area contributed by atoms with Crippen LogP contribution in [0.15, 0.2) is 18.5 Å². The highest BCUT2D eigenvalue weighted by atomic mass is 19.4. The van der Waals surface area contributed by atoms with Crippen LogP contribution in [0.1, 0.15) is 36.3 Å². The van der Waals surface area contributed by atoms with E-state index in [1.54, 1.807) is 6.20 Å². The Kier molecular flexibility index (Phi) is 2.91. The summed E-state index contributed by atoms with van der Waals surface area (Å²) < 4.78 is 41.1. The molecule has 0 aliphatic heterocycles. The van der Waals surface area contributed by atoms with Gasteiger partial charge in [0, 0.05) is 29.2 Å². The van der Waals surface area contributed by atoms with Gasteiger partial charge in [0.05, 0.1) is 11.3 Å². The molecular weight excluding hydrogens is 307 g/mol. The van der Waals surface area contributed by atoms with Gasteiger partial charge in [-0.05, 0) is 38.2 Å². The second kappa shape index (κ2) is 4.56. The Hall–Kier alpha value is -1.89. The zero-order valence-electron chi connectivity index (χ0n) is 12.6. The molecule has 2 heterocycles. The van der Waals surface area contributed by atoms with Crippen molar-refractivity contribution in [2.24, 2.45) is 5.92 Å². The minimum Gasteiger partial charge on any atom is -0.388 e. The molecule has 0 spiro atoms. The summed E-state index contributed by atoms with van der Waals surface area (Å²) in [5.74, 6) is 1.26. The Morgan fingerprint density at radius 3 is 2.57 bits per heavy atom. The lowest BCUT2D eigenvalue weighted by atomic mass is 9.49. The van der Waals surface area contributed by atoms with Crippen LogP contribution in [0.3, 0.4) is 0 Å². The first-order chi connectivity index (χ1) is 10.8. The van der Waals surface area contributed by atoms with E-state index in [1.165, 1.54) is 13.1 Å². The van der Waals surface area contributed by atoms with E-state index >= 15 is 0 Å². The number of halogens is 3. The highest BCUT2D eigenvalue weighted by Gasteiger charge is 2.58. The van der Waals surface area contributed by atoms with Crippen molar-refractivity contribution in [3.05, 3.63) is 35.5 Å². The number of alkyl halides is 3. The lowest BCUT2D eigenvalue weighted by molar-refractivity contribution is -0.138. The Morgan fingerprint density at radius 1 is 1.35 bits per heavy atom. The second-order valence-corrected chi connectivity index (χ2v) is 6.63. The third kappa shape index (κ3) is 2.09. The highest BCUT2D eigenvalue weighted by molar-refractivity contribution is 5.59. The molecule has 0 atom stereocenters. The van der Waals surface area contributed by atoms with E-state index in [-0.39, 0.29) is 17.8 Å². The molecule has 4 nitrogen and oxygen atoms in total. The van der Waals surface area contributed by atoms with Crippen LogP contribution < -0.4 is 0 Å². The minimum atomic E-state index is -4.44. The molecule has 0 radical (unpaired) electrons. The third-order valence-electron chi connectivity index (χ3n) is 5.13. The topological polar surface area (TPSA) is 50.9 Å². The van der Waals surface area contributed by atoms with Gasteiger partial charge in [-0.3, -0.25) is 4.98 Å². The van der Waals surface area contributed by atoms with Crippen LogP contribution in [0.25, 0.3) is 11.3 Å². The Morgan fingerprint density at radius 2 is 2.04 bits per heavy atom. The standard InChI is InChI=1S/C16H16F3N3O/c1-9-12(16(17,18)19)2-11(6-20-9)13-7-22(14(8-23)21-13)15-3-10(4-15)5-15/h2,6-7,10,23H,3-5,8H2,1H3. The quantitative estimate of drug-likeness (QED) is 0.943. The van der Waals surface area contributed by atoms with E-state index in [0.29, 0.717) is 17.1 Å². The van der Waals surface area contributed by atoms with E-state index < -0.39 is 11.7 Å². The Balaban J connectivity index is 1.76. The summed E-state index contributed by atoms with van der Waals surface area (Å²) in [5, 5.41) is 9.53. The van der Waals surface area contributed by atoms with Gasteiger partial charge in [0.2, 0.25) is 0 Å². The molecule has 3 aliphatic carbocycles. The van der Waals surface area contributed by atoms with Crippen molar-refractivity contribution < 1.29 is 18.3 Å². The molecular formula is C16H16F3N3O. The lowest BCUT2D eigenvalue weighted by Crippen LogP contribution is -2.59. The van der Waals surface area contributed by atoms with Crippen molar-refractivity contribution in [2.45, 2.75) is 44.5 Å². The average molecular weight is 323 g/mol. The summed E-state index contributed by atoms with van der Waals surface area (Å²) in [7, 11) is 0. The summed E-state index contributed by atoms with van der Waals surface area (Å²) in [6, 6.07) is 1.08. The third-order valence-corrected chi connectivity index (χ3v) is 5.13. The van der Waals surface area contributed by atoms with Crippen molar-refractivity contribution in [1.82, 2.24) is 14.5 Å². The van der Waals surface area contributed by atoms with Crippen LogP contribution in [0.5, 0.6) is 0 Å². The molecule has 1 N–H and O–H groups in total. The van der Waals surface area contributed by atoms with Gasteiger partial charge in [0.1, 0.15) is 12.4 Å². The van der Waals surface area contributed by atoms with Crippen LogP contribution in [-0.2, 0) is 18.3 Å².